The van der Waals surface area contributed by atoms with Crippen molar-refractivity contribution in [2.24, 2.45) is 5.92 Å². The highest BCUT2D eigenvalue weighted by Gasteiger charge is 2.17. The third-order valence-corrected chi connectivity index (χ3v) is 3.35. The SMILES string of the molecule is CC(C)C(Nc1cccnc1N(C)C)c1ccccc1. The van der Waals surface area contributed by atoms with Gasteiger partial charge < -0.3 is 10.2 Å². The van der Waals surface area contributed by atoms with Crippen LogP contribution in [0.15, 0.2) is 48.7 Å². The van der Waals surface area contributed by atoms with Crippen LogP contribution in [0.25, 0.3) is 0 Å². The van der Waals surface area contributed by atoms with Gasteiger partial charge >= 0.3 is 0 Å². The molecule has 0 spiro atoms. The van der Waals surface area contributed by atoms with Crippen molar-refractivity contribution in [3.05, 3.63) is 54.2 Å². The Morgan fingerprint density at radius 2 is 1.70 bits per heavy atom. The quantitative estimate of drug-likeness (QED) is 0.890. The van der Waals surface area contributed by atoms with Crippen LogP contribution in [0.4, 0.5) is 11.5 Å². The molecule has 2 aromatic rings. The second-order valence-electron chi connectivity index (χ2n) is 5.55. The minimum Gasteiger partial charge on any atom is -0.375 e. The predicted octanol–water partition coefficient (Wildman–Crippen LogP) is 3.96. The van der Waals surface area contributed by atoms with E-state index in [9.17, 15) is 0 Å². The maximum absolute atomic E-state index is 4.45. The monoisotopic (exact) mass is 269 g/mol. The Labute approximate surface area is 121 Å². The summed E-state index contributed by atoms with van der Waals surface area (Å²) in [6, 6.07) is 14.9. The molecule has 1 atom stereocenters. The van der Waals surface area contributed by atoms with Gasteiger partial charge in [0.15, 0.2) is 5.82 Å². The zero-order valence-corrected chi connectivity index (χ0v) is 12.7. The van der Waals surface area contributed by atoms with Crippen molar-refractivity contribution in [3.63, 3.8) is 0 Å². The molecule has 0 aliphatic carbocycles. The van der Waals surface area contributed by atoms with E-state index in [1.54, 1.807) is 0 Å². The molecule has 1 aromatic heterocycles. The summed E-state index contributed by atoms with van der Waals surface area (Å²) in [5.74, 6) is 1.46. The van der Waals surface area contributed by atoms with Crippen LogP contribution < -0.4 is 10.2 Å². The van der Waals surface area contributed by atoms with Crippen LogP contribution in [0.3, 0.4) is 0 Å². The van der Waals surface area contributed by atoms with Gasteiger partial charge in [0.05, 0.1) is 11.7 Å². The van der Waals surface area contributed by atoms with Crippen molar-refractivity contribution in [1.82, 2.24) is 4.98 Å². The van der Waals surface area contributed by atoms with Crippen molar-refractivity contribution in [2.75, 3.05) is 24.3 Å². The molecule has 2 rings (SSSR count). The Kier molecular flexibility index (Phi) is 4.61. The Bertz CT molecular complexity index is 535. The van der Waals surface area contributed by atoms with Crippen LogP contribution in [-0.2, 0) is 0 Å². The van der Waals surface area contributed by atoms with E-state index in [1.165, 1.54) is 5.56 Å². The third-order valence-electron chi connectivity index (χ3n) is 3.35. The summed E-state index contributed by atoms with van der Waals surface area (Å²) in [5, 5.41) is 3.64. The minimum atomic E-state index is 0.277. The average Bonchev–Trinajstić information content (AvgIpc) is 2.45. The number of hydrogen-bond donors (Lipinski definition) is 1. The van der Waals surface area contributed by atoms with E-state index in [0.29, 0.717) is 5.92 Å². The van der Waals surface area contributed by atoms with Gasteiger partial charge in [-0.1, -0.05) is 44.2 Å². The molecule has 0 bridgehead atoms. The highest BCUT2D eigenvalue weighted by molar-refractivity contribution is 5.65. The summed E-state index contributed by atoms with van der Waals surface area (Å²) < 4.78 is 0. The lowest BCUT2D eigenvalue weighted by molar-refractivity contribution is 0.546. The second kappa shape index (κ2) is 6.42. The lowest BCUT2D eigenvalue weighted by atomic mass is 9.96. The first-order valence-electron chi connectivity index (χ1n) is 7.03. The van der Waals surface area contributed by atoms with Gasteiger partial charge in [-0.2, -0.15) is 0 Å². The van der Waals surface area contributed by atoms with Crippen molar-refractivity contribution in [3.8, 4) is 0 Å². The maximum atomic E-state index is 4.45. The topological polar surface area (TPSA) is 28.2 Å². The number of rotatable bonds is 5. The second-order valence-corrected chi connectivity index (χ2v) is 5.55. The molecule has 0 amide bonds. The number of pyridine rings is 1. The van der Waals surface area contributed by atoms with E-state index in [2.05, 4.69) is 60.5 Å². The summed E-state index contributed by atoms with van der Waals surface area (Å²) in [7, 11) is 4.03. The van der Waals surface area contributed by atoms with Crippen molar-refractivity contribution in [1.29, 1.82) is 0 Å². The average molecular weight is 269 g/mol. The molecular formula is C17H23N3. The maximum Gasteiger partial charge on any atom is 0.151 e. The number of nitrogens with one attached hydrogen (secondary N) is 1. The molecule has 1 heterocycles. The van der Waals surface area contributed by atoms with E-state index in [4.69, 9.17) is 0 Å². The Morgan fingerprint density at radius 1 is 1.00 bits per heavy atom. The number of aromatic nitrogens is 1. The molecule has 0 aliphatic rings. The van der Waals surface area contributed by atoms with Gasteiger partial charge in [0, 0.05) is 20.3 Å². The molecule has 1 aromatic carbocycles. The summed E-state index contributed by atoms with van der Waals surface area (Å²) in [6.07, 6.45) is 1.83. The van der Waals surface area contributed by atoms with Crippen LogP contribution in [0.5, 0.6) is 0 Å². The molecule has 3 nitrogen and oxygen atoms in total. The molecule has 106 valence electrons. The van der Waals surface area contributed by atoms with Crippen LogP contribution in [0, 0.1) is 5.92 Å². The molecule has 3 heteroatoms. The first-order chi connectivity index (χ1) is 9.59. The fraction of sp³-hybridized carbons (Fsp3) is 0.353. The van der Waals surface area contributed by atoms with E-state index >= 15 is 0 Å². The van der Waals surface area contributed by atoms with Crippen molar-refractivity contribution in [2.45, 2.75) is 19.9 Å². The lowest BCUT2D eigenvalue weighted by Crippen LogP contribution is -2.20. The van der Waals surface area contributed by atoms with Gasteiger partial charge in [-0.15, -0.1) is 0 Å². The lowest BCUT2D eigenvalue weighted by Gasteiger charge is -2.26. The standard InChI is InChI=1S/C17H23N3/c1-13(2)16(14-9-6-5-7-10-14)19-15-11-8-12-18-17(15)20(3)4/h5-13,16,19H,1-4H3. The van der Waals surface area contributed by atoms with E-state index in [1.807, 2.05) is 31.3 Å². The first kappa shape index (κ1) is 14.4. The molecule has 0 aliphatic heterocycles. The third kappa shape index (κ3) is 3.29. The fourth-order valence-corrected chi connectivity index (χ4v) is 2.33. The van der Waals surface area contributed by atoms with Crippen molar-refractivity contribution >= 4 is 11.5 Å². The highest BCUT2D eigenvalue weighted by atomic mass is 15.2. The molecule has 0 radical (unpaired) electrons. The fourth-order valence-electron chi connectivity index (χ4n) is 2.33. The Morgan fingerprint density at radius 3 is 2.30 bits per heavy atom. The van der Waals surface area contributed by atoms with Gasteiger partial charge in [0.1, 0.15) is 0 Å². The number of nitrogens with zero attached hydrogens (tertiary/aromatic N) is 2. The molecule has 0 fully saturated rings. The minimum absolute atomic E-state index is 0.277. The zero-order valence-electron chi connectivity index (χ0n) is 12.7. The van der Waals surface area contributed by atoms with Gasteiger partial charge in [-0.25, -0.2) is 4.98 Å². The van der Waals surface area contributed by atoms with Crippen molar-refractivity contribution < 1.29 is 0 Å². The molecular weight excluding hydrogens is 246 g/mol. The summed E-state index contributed by atoms with van der Waals surface area (Å²) >= 11 is 0. The summed E-state index contributed by atoms with van der Waals surface area (Å²) in [5.41, 5.74) is 2.37. The molecule has 0 saturated heterocycles. The number of benzene rings is 1. The predicted molar refractivity (Wildman–Crippen MR) is 86.2 cm³/mol. The number of hydrogen-bond acceptors (Lipinski definition) is 3. The van der Waals surface area contributed by atoms with Crippen LogP contribution >= 0.6 is 0 Å². The van der Waals surface area contributed by atoms with Gasteiger partial charge in [0.25, 0.3) is 0 Å². The molecule has 1 N–H and O–H groups in total. The molecule has 0 saturated carbocycles. The van der Waals surface area contributed by atoms with Gasteiger partial charge in [0.2, 0.25) is 0 Å². The summed E-state index contributed by atoms with van der Waals surface area (Å²) in [4.78, 5) is 6.48. The summed E-state index contributed by atoms with van der Waals surface area (Å²) in [6.45, 7) is 4.47. The van der Waals surface area contributed by atoms with Crippen LogP contribution in [0.2, 0.25) is 0 Å². The van der Waals surface area contributed by atoms with Crippen LogP contribution in [0.1, 0.15) is 25.5 Å². The highest BCUT2D eigenvalue weighted by Crippen LogP contribution is 2.30. The number of anilines is 2. The largest absolute Gasteiger partial charge is 0.375 e. The smallest absolute Gasteiger partial charge is 0.151 e. The zero-order chi connectivity index (χ0) is 14.5. The molecule has 1 unspecified atom stereocenters. The molecule has 20 heavy (non-hydrogen) atoms. The van der Waals surface area contributed by atoms with E-state index < -0.39 is 0 Å². The van der Waals surface area contributed by atoms with E-state index in [-0.39, 0.29) is 6.04 Å². The van der Waals surface area contributed by atoms with E-state index in [0.717, 1.165) is 11.5 Å². The van der Waals surface area contributed by atoms with Crippen LogP contribution in [-0.4, -0.2) is 19.1 Å². The first-order valence-corrected chi connectivity index (χ1v) is 7.03. The van der Waals surface area contributed by atoms with Gasteiger partial charge in [-0.3, -0.25) is 0 Å². The Balaban J connectivity index is 2.30. The van der Waals surface area contributed by atoms with Gasteiger partial charge in [-0.05, 0) is 23.6 Å². The Hall–Kier alpha value is -2.03. The normalized spacial score (nSPS) is 12.2.